The summed E-state index contributed by atoms with van der Waals surface area (Å²) >= 11 is 0. The van der Waals surface area contributed by atoms with Crippen LogP contribution in [0.4, 0.5) is 10.1 Å². The first kappa shape index (κ1) is 18.2. The molecule has 2 heterocycles. The minimum Gasteiger partial charge on any atom is -0.482 e. The van der Waals surface area contributed by atoms with Crippen molar-refractivity contribution in [2.75, 3.05) is 25.0 Å². The second-order valence-electron chi connectivity index (χ2n) is 6.99. The van der Waals surface area contributed by atoms with Crippen LogP contribution in [0.3, 0.4) is 0 Å². The lowest BCUT2D eigenvalue weighted by Gasteiger charge is -2.31. The summed E-state index contributed by atoms with van der Waals surface area (Å²) in [7, 11) is 0. The average Bonchev–Trinajstić information content (AvgIpc) is 2.72. The smallest absolute Gasteiger partial charge is 0.262 e. The molecule has 0 spiro atoms. The van der Waals surface area contributed by atoms with Crippen LogP contribution in [0.2, 0.25) is 0 Å². The first-order chi connectivity index (χ1) is 13.5. The number of halogens is 1. The van der Waals surface area contributed by atoms with Gasteiger partial charge in [0, 0.05) is 30.1 Å². The molecule has 0 saturated carbocycles. The molecule has 1 N–H and O–H groups in total. The number of fused-ring (bicyclic) bond motifs is 1. The van der Waals surface area contributed by atoms with Gasteiger partial charge in [0.05, 0.1) is 5.69 Å². The number of rotatable bonds is 3. The molecule has 2 aliphatic rings. The zero-order valence-electron chi connectivity index (χ0n) is 15.1. The van der Waals surface area contributed by atoms with E-state index in [4.69, 9.17) is 4.74 Å². The molecule has 0 radical (unpaired) electrons. The van der Waals surface area contributed by atoms with E-state index in [1.165, 1.54) is 18.2 Å². The minimum absolute atomic E-state index is 0.0134. The molecule has 4 rings (SSSR count). The largest absolute Gasteiger partial charge is 0.482 e. The van der Waals surface area contributed by atoms with Gasteiger partial charge in [0.15, 0.2) is 12.4 Å². The zero-order chi connectivity index (χ0) is 19.7. The number of carbonyl (C=O) groups is 3. The lowest BCUT2D eigenvalue weighted by molar-refractivity contribution is -0.118. The molecule has 7 heteroatoms. The van der Waals surface area contributed by atoms with E-state index in [0.29, 0.717) is 48.5 Å². The van der Waals surface area contributed by atoms with E-state index in [-0.39, 0.29) is 30.1 Å². The van der Waals surface area contributed by atoms with Crippen molar-refractivity contribution in [1.82, 2.24) is 4.90 Å². The average molecular weight is 382 g/mol. The summed E-state index contributed by atoms with van der Waals surface area (Å²) in [5.74, 6) is -0.582. The number of amides is 2. The van der Waals surface area contributed by atoms with Crippen molar-refractivity contribution in [3.63, 3.8) is 0 Å². The van der Waals surface area contributed by atoms with Gasteiger partial charge in [-0.1, -0.05) is 6.07 Å². The van der Waals surface area contributed by atoms with Crippen LogP contribution in [0.15, 0.2) is 42.5 Å². The number of hydrogen-bond donors (Lipinski definition) is 1. The van der Waals surface area contributed by atoms with Crippen LogP contribution < -0.4 is 10.1 Å². The Kier molecular flexibility index (Phi) is 4.81. The number of hydrogen-bond acceptors (Lipinski definition) is 4. The number of carbonyl (C=O) groups excluding carboxylic acids is 3. The molecule has 0 unspecified atom stereocenters. The lowest BCUT2D eigenvalue weighted by Crippen LogP contribution is -2.40. The fourth-order valence-corrected chi connectivity index (χ4v) is 3.62. The van der Waals surface area contributed by atoms with E-state index in [1.807, 2.05) is 0 Å². The molecule has 1 saturated heterocycles. The third-order valence-electron chi connectivity index (χ3n) is 5.12. The maximum Gasteiger partial charge on any atom is 0.262 e. The number of piperidine rings is 1. The Balaban J connectivity index is 1.41. The summed E-state index contributed by atoms with van der Waals surface area (Å²) in [6, 6.07) is 10.6. The summed E-state index contributed by atoms with van der Waals surface area (Å²) in [5.41, 5.74) is 1.33. The second kappa shape index (κ2) is 7.42. The molecule has 2 aromatic rings. The fourth-order valence-electron chi connectivity index (χ4n) is 3.62. The van der Waals surface area contributed by atoms with Crippen molar-refractivity contribution in [2.45, 2.75) is 12.8 Å². The molecule has 0 aliphatic carbocycles. The fraction of sp³-hybridized carbons (Fsp3) is 0.286. The summed E-state index contributed by atoms with van der Waals surface area (Å²) < 4.78 is 18.7. The second-order valence-corrected chi connectivity index (χ2v) is 6.99. The Morgan fingerprint density at radius 3 is 2.61 bits per heavy atom. The summed E-state index contributed by atoms with van der Waals surface area (Å²) in [4.78, 5) is 38.5. The van der Waals surface area contributed by atoms with Crippen molar-refractivity contribution in [3.8, 4) is 5.75 Å². The minimum atomic E-state index is -0.445. The number of nitrogens with one attached hydrogen (secondary N) is 1. The van der Waals surface area contributed by atoms with Gasteiger partial charge < -0.3 is 15.0 Å². The van der Waals surface area contributed by atoms with Crippen LogP contribution in [0.1, 0.15) is 33.6 Å². The number of anilines is 1. The third kappa shape index (κ3) is 3.60. The van der Waals surface area contributed by atoms with E-state index >= 15 is 0 Å². The van der Waals surface area contributed by atoms with Gasteiger partial charge in [-0.15, -0.1) is 0 Å². The number of nitrogens with zero attached hydrogens (tertiary/aromatic N) is 1. The third-order valence-corrected chi connectivity index (χ3v) is 5.12. The van der Waals surface area contributed by atoms with Gasteiger partial charge in [0.2, 0.25) is 0 Å². The molecule has 2 amide bonds. The van der Waals surface area contributed by atoms with Crippen LogP contribution >= 0.6 is 0 Å². The highest BCUT2D eigenvalue weighted by Crippen LogP contribution is 2.31. The summed E-state index contributed by atoms with van der Waals surface area (Å²) in [6.45, 7) is 0.852. The Labute approximate surface area is 161 Å². The maximum atomic E-state index is 13.3. The molecule has 0 bridgehead atoms. The van der Waals surface area contributed by atoms with E-state index in [9.17, 15) is 18.8 Å². The molecule has 144 valence electrons. The number of likely N-dealkylation sites (tertiary alicyclic amines) is 1. The molecular weight excluding hydrogens is 363 g/mol. The molecule has 6 nitrogen and oxygen atoms in total. The Morgan fingerprint density at radius 1 is 1.07 bits per heavy atom. The standard InChI is InChI=1S/C21H19FN2O4/c22-16-3-1-2-15(10-16)21(27)24-8-6-13(7-9-24)20(26)14-4-5-18-17(11-14)23-19(25)12-28-18/h1-5,10-11,13H,6-9,12H2,(H,23,25). The van der Waals surface area contributed by atoms with Crippen LogP contribution in [0.25, 0.3) is 0 Å². The predicted molar refractivity (Wildman–Crippen MR) is 99.9 cm³/mol. The number of ketones is 1. The molecule has 1 fully saturated rings. The van der Waals surface area contributed by atoms with Gasteiger partial charge in [-0.2, -0.15) is 0 Å². The molecule has 0 atom stereocenters. The monoisotopic (exact) mass is 382 g/mol. The highest BCUT2D eigenvalue weighted by atomic mass is 19.1. The Morgan fingerprint density at radius 2 is 1.86 bits per heavy atom. The van der Waals surface area contributed by atoms with Crippen LogP contribution in [-0.2, 0) is 4.79 Å². The van der Waals surface area contributed by atoms with Crippen molar-refractivity contribution in [3.05, 3.63) is 59.4 Å². The topological polar surface area (TPSA) is 75.7 Å². The van der Waals surface area contributed by atoms with Crippen molar-refractivity contribution >= 4 is 23.3 Å². The summed E-state index contributed by atoms with van der Waals surface area (Å²) in [6.07, 6.45) is 1.08. The molecule has 28 heavy (non-hydrogen) atoms. The van der Waals surface area contributed by atoms with Gasteiger partial charge >= 0.3 is 0 Å². The van der Waals surface area contributed by atoms with Crippen LogP contribution in [0.5, 0.6) is 5.75 Å². The first-order valence-corrected chi connectivity index (χ1v) is 9.17. The SMILES string of the molecule is O=C1COc2ccc(C(=O)C3CCN(C(=O)c4cccc(F)c4)CC3)cc2N1. The normalized spacial score (nSPS) is 16.8. The van der Waals surface area contributed by atoms with Gasteiger partial charge in [0.1, 0.15) is 11.6 Å². The maximum absolute atomic E-state index is 13.3. The van der Waals surface area contributed by atoms with Gasteiger partial charge in [-0.25, -0.2) is 4.39 Å². The van der Waals surface area contributed by atoms with E-state index < -0.39 is 5.82 Å². The van der Waals surface area contributed by atoms with Crippen molar-refractivity contribution in [2.24, 2.45) is 5.92 Å². The molecule has 2 aliphatic heterocycles. The molecular formula is C21H19FN2O4. The lowest BCUT2D eigenvalue weighted by atomic mass is 9.88. The highest BCUT2D eigenvalue weighted by molar-refractivity contribution is 6.02. The Hall–Kier alpha value is -3.22. The van der Waals surface area contributed by atoms with Crippen molar-refractivity contribution in [1.29, 1.82) is 0 Å². The molecule has 2 aromatic carbocycles. The predicted octanol–water partition coefficient (Wildman–Crippen LogP) is 2.89. The Bertz CT molecular complexity index is 951. The van der Waals surface area contributed by atoms with Crippen LogP contribution in [0, 0.1) is 11.7 Å². The van der Waals surface area contributed by atoms with Gasteiger partial charge in [-0.05, 0) is 49.2 Å². The first-order valence-electron chi connectivity index (χ1n) is 9.17. The highest BCUT2D eigenvalue weighted by Gasteiger charge is 2.29. The van der Waals surface area contributed by atoms with Crippen LogP contribution in [-0.4, -0.2) is 42.2 Å². The number of Topliss-reactive ketones (excluding diaryl/α,β-unsaturated/α-hetero) is 1. The van der Waals surface area contributed by atoms with Gasteiger partial charge in [-0.3, -0.25) is 14.4 Å². The summed E-state index contributed by atoms with van der Waals surface area (Å²) in [5, 5.41) is 2.70. The van der Waals surface area contributed by atoms with E-state index in [2.05, 4.69) is 5.32 Å². The number of benzene rings is 2. The van der Waals surface area contributed by atoms with E-state index in [0.717, 1.165) is 0 Å². The molecule has 0 aromatic heterocycles. The van der Waals surface area contributed by atoms with Crippen molar-refractivity contribution < 1.29 is 23.5 Å². The quantitative estimate of drug-likeness (QED) is 0.829. The van der Waals surface area contributed by atoms with Gasteiger partial charge in [0.25, 0.3) is 11.8 Å². The zero-order valence-corrected chi connectivity index (χ0v) is 15.1. The number of ether oxygens (including phenoxy) is 1. The van der Waals surface area contributed by atoms with E-state index in [1.54, 1.807) is 29.2 Å².